The van der Waals surface area contributed by atoms with Gasteiger partial charge in [0.05, 0.1) is 74.7 Å². The molecule has 1 unspecified atom stereocenters. The summed E-state index contributed by atoms with van der Waals surface area (Å²) in [6.07, 6.45) is 11.2. The van der Waals surface area contributed by atoms with Gasteiger partial charge in [-0.1, -0.05) is 81.5 Å². The minimum atomic E-state index is -1.07. The van der Waals surface area contributed by atoms with Crippen molar-refractivity contribution >= 4 is 88.3 Å². The first kappa shape index (κ1) is 72.6. The van der Waals surface area contributed by atoms with Gasteiger partial charge in [0.25, 0.3) is 11.8 Å². The molecule has 5 aromatic rings. The average Bonchev–Trinajstić information content (AvgIpc) is 1.56. The predicted octanol–water partition coefficient (Wildman–Crippen LogP) is 9.50. The molecule has 0 bridgehead atoms. The van der Waals surface area contributed by atoms with Gasteiger partial charge in [0.1, 0.15) is 18.7 Å². The number of ether oxygens (including phenoxy) is 5. The fourth-order valence-corrected chi connectivity index (χ4v) is 13.2. The molecule has 5 atom stereocenters. The molecule has 0 aromatic heterocycles. The number of hydrogen-bond acceptors (Lipinski definition) is 15. The molecule has 24 nitrogen and oxygen atoms in total. The number of carbonyl (C=O) groups excluding carboxylic acids is 9. The highest BCUT2D eigenvalue weighted by Gasteiger charge is 2.60. The van der Waals surface area contributed by atoms with Crippen LogP contribution in [0, 0.1) is 23.7 Å². The smallest absolute Gasteiger partial charge is 0.407 e. The summed E-state index contributed by atoms with van der Waals surface area (Å²) in [5.41, 5.74) is 6.07. The minimum Gasteiger partial charge on any atom is -0.493 e. The molecule has 1 saturated heterocycles. The lowest BCUT2D eigenvalue weighted by molar-refractivity contribution is -0.132. The number of nitrogens with zero attached hydrogens (tertiary/aromatic N) is 2. The van der Waals surface area contributed by atoms with E-state index in [-0.39, 0.29) is 48.6 Å². The maximum atomic E-state index is 14.7. The lowest BCUT2D eigenvalue weighted by Crippen LogP contribution is -2.58. The normalized spacial score (nSPS) is 18.1. The van der Waals surface area contributed by atoms with Gasteiger partial charge in [-0.2, -0.15) is 0 Å². The van der Waals surface area contributed by atoms with Gasteiger partial charge in [-0.05, 0) is 167 Å². The monoisotopic (exact) mass is 1370 g/mol. The van der Waals surface area contributed by atoms with Crippen LogP contribution in [-0.4, -0.2) is 142 Å². The molecule has 9 amide bonds. The van der Waals surface area contributed by atoms with Crippen molar-refractivity contribution in [3.8, 4) is 23.0 Å². The molecular formula is C76H94N10O14. The van der Waals surface area contributed by atoms with Crippen LogP contribution in [-0.2, 0) is 40.1 Å². The third-order valence-corrected chi connectivity index (χ3v) is 19.7. The number of unbranched alkanes of at least 4 members (excludes halogenated alkanes) is 2. The summed E-state index contributed by atoms with van der Waals surface area (Å²) in [5.74, 6) is -2.02. The van der Waals surface area contributed by atoms with E-state index in [0.29, 0.717) is 94.9 Å². The number of fused-ring (bicyclic) bond motifs is 3. The number of rotatable bonds is 30. The summed E-state index contributed by atoms with van der Waals surface area (Å²) < 4.78 is 29.5. The van der Waals surface area contributed by atoms with Crippen molar-refractivity contribution in [1.29, 1.82) is 0 Å². The largest absolute Gasteiger partial charge is 0.493 e. The van der Waals surface area contributed by atoms with Crippen LogP contribution >= 0.6 is 0 Å². The molecule has 24 heteroatoms. The van der Waals surface area contributed by atoms with Crippen LogP contribution in [0.15, 0.2) is 97.1 Å². The van der Waals surface area contributed by atoms with E-state index >= 15 is 0 Å². The standard InChI is InChI=1S/C76H94N10O14/c1-46(2)68(84-66(89)42-79-65(88)41-78-64(87)27-28-67(90)86-58-19-13-11-17-51(58)23-24-52-18-12-14-20-59(52)86)71(93)80-48(4)69(91)82-53-25-21-50(22-26-53)43-100-73(95)81-49(5)75(7)44-76(31-32-76)45-85(75)72(94)55-36-60(96-8)62(35-47(55)3)98-33-15-10-16-34-99-63-38-57-56(37-61(63)97-9)70(92)83-54(40-77-57)39-74(6)29-30-74/h11-14,17-26,35-38,46,48-49,54,68,77H,10,15-16,27-34,39-45H2,1-9H3,(H,78,87)(H,79,88)(H,80,93)(H,81,95)(H,82,91)(H,83,92)(H,84,89)/t48-,49-,54?,68-,75-/m0/s1. The second kappa shape index (κ2) is 31.8. The van der Waals surface area contributed by atoms with Crippen LogP contribution in [0.2, 0.25) is 0 Å². The molecule has 2 saturated carbocycles. The van der Waals surface area contributed by atoms with Crippen molar-refractivity contribution < 1.29 is 66.8 Å². The molecule has 3 fully saturated rings. The number of para-hydroxylation sites is 2. The van der Waals surface area contributed by atoms with Gasteiger partial charge >= 0.3 is 6.09 Å². The number of likely N-dealkylation sites (tertiary alicyclic amines) is 1. The highest BCUT2D eigenvalue weighted by molar-refractivity contribution is 6.07. The number of nitrogens with one attached hydrogen (secondary N) is 8. The number of alkyl carbamates (subject to hydrolysis) is 1. The van der Waals surface area contributed by atoms with E-state index in [4.69, 9.17) is 23.7 Å². The zero-order valence-electron chi connectivity index (χ0n) is 58.6. The topological polar surface area (TPSA) is 302 Å². The van der Waals surface area contributed by atoms with Gasteiger partial charge in [-0.25, -0.2) is 4.79 Å². The van der Waals surface area contributed by atoms with Gasteiger partial charge in [0.15, 0.2) is 23.0 Å². The van der Waals surface area contributed by atoms with E-state index in [0.717, 1.165) is 60.9 Å². The summed E-state index contributed by atoms with van der Waals surface area (Å²) >= 11 is 0. The summed E-state index contributed by atoms with van der Waals surface area (Å²) in [5, 5.41) is 22.6. The van der Waals surface area contributed by atoms with Crippen molar-refractivity contribution in [3.05, 3.63) is 130 Å². The highest BCUT2D eigenvalue weighted by atomic mass is 16.5. The Morgan fingerprint density at radius 1 is 0.670 bits per heavy atom. The van der Waals surface area contributed by atoms with Crippen molar-refractivity contribution in [3.63, 3.8) is 0 Å². The van der Waals surface area contributed by atoms with E-state index in [1.54, 1.807) is 69.4 Å². The maximum absolute atomic E-state index is 14.7. The Bertz CT molecular complexity index is 3870. The SMILES string of the molecule is COc1cc(C(=O)N2CC3(CC3)C[C@@]2(C)[C@H](C)NC(=O)OCc2ccc(NC(=O)[C@H](C)NC(=O)[C@@H](NC(=O)CNC(=O)CNC(=O)CCC(=O)N3c4ccccc4C=Cc4ccccc43)C(C)C)cc2)c(C)cc1OCCCCCOc1cc2c(cc1OC)C(=O)NC(CC1(C)CC1)CN2. The number of benzene rings is 5. The number of hydrogen-bond donors (Lipinski definition) is 8. The van der Waals surface area contributed by atoms with Crippen LogP contribution in [0.1, 0.15) is 155 Å². The molecule has 0 radical (unpaired) electrons. The first-order valence-corrected chi connectivity index (χ1v) is 34.6. The maximum Gasteiger partial charge on any atom is 0.407 e. The van der Waals surface area contributed by atoms with E-state index in [1.165, 1.54) is 19.8 Å². The highest BCUT2D eigenvalue weighted by Crippen LogP contribution is 2.59. The van der Waals surface area contributed by atoms with E-state index in [9.17, 15) is 43.2 Å². The Hall–Kier alpha value is -10.1. The second-order valence-electron chi connectivity index (χ2n) is 28.0. The molecule has 8 N–H and O–H groups in total. The van der Waals surface area contributed by atoms with Crippen LogP contribution in [0.4, 0.5) is 27.5 Å². The van der Waals surface area contributed by atoms with Gasteiger partial charge in [0, 0.05) is 49.3 Å². The molecule has 100 heavy (non-hydrogen) atoms. The van der Waals surface area contributed by atoms with Gasteiger partial charge in [-0.15, -0.1) is 0 Å². The molecule has 5 aliphatic rings. The van der Waals surface area contributed by atoms with Crippen molar-refractivity contribution in [2.75, 3.05) is 69.1 Å². The molecule has 2 aliphatic carbocycles. The zero-order chi connectivity index (χ0) is 71.5. The lowest BCUT2D eigenvalue weighted by Gasteiger charge is -2.40. The van der Waals surface area contributed by atoms with E-state index < -0.39 is 78.3 Å². The summed E-state index contributed by atoms with van der Waals surface area (Å²) in [6, 6.07) is 26.2. The van der Waals surface area contributed by atoms with Crippen molar-refractivity contribution in [2.24, 2.45) is 16.7 Å². The lowest BCUT2D eigenvalue weighted by atomic mass is 9.86. The molecule has 3 heterocycles. The van der Waals surface area contributed by atoms with Crippen LogP contribution in [0.25, 0.3) is 12.2 Å². The Morgan fingerprint density at radius 3 is 1.92 bits per heavy atom. The Morgan fingerprint density at radius 2 is 1.29 bits per heavy atom. The summed E-state index contributed by atoms with van der Waals surface area (Å²) in [4.78, 5) is 124. The fourth-order valence-electron chi connectivity index (χ4n) is 13.2. The van der Waals surface area contributed by atoms with Crippen LogP contribution in [0.5, 0.6) is 23.0 Å². The minimum absolute atomic E-state index is 0.0410. The number of aryl methyl sites for hydroxylation is 1. The number of anilines is 4. The fraction of sp³-hybridized carbons (Fsp3) is 0.461. The zero-order valence-corrected chi connectivity index (χ0v) is 58.6. The summed E-state index contributed by atoms with van der Waals surface area (Å²) in [7, 11) is 3.11. The molecule has 532 valence electrons. The first-order valence-electron chi connectivity index (χ1n) is 34.6. The Balaban J connectivity index is 0.621. The Labute approximate surface area is 584 Å². The van der Waals surface area contributed by atoms with E-state index in [2.05, 4.69) is 49.5 Å². The molecule has 10 rings (SSSR count). The van der Waals surface area contributed by atoms with Crippen LogP contribution in [0.3, 0.4) is 0 Å². The van der Waals surface area contributed by atoms with Crippen molar-refractivity contribution in [1.82, 2.24) is 36.8 Å². The molecular weight excluding hydrogens is 1280 g/mol. The number of carbonyl (C=O) groups is 9. The first-order chi connectivity index (χ1) is 47.9. The summed E-state index contributed by atoms with van der Waals surface area (Å²) in [6.45, 7) is 13.9. The predicted molar refractivity (Wildman–Crippen MR) is 379 cm³/mol. The van der Waals surface area contributed by atoms with E-state index in [1.807, 2.05) is 98.5 Å². The van der Waals surface area contributed by atoms with Crippen molar-refractivity contribution in [2.45, 2.75) is 155 Å². The van der Waals surface area contributed by atoms with Gasteiger partial charge in [0.2, 0.25) is 35.4 Å². The molecule has 1 spiro atoms. The van der Waals surface area contributed by atoms with Gasteiger partial charge < -0.3 is 71.1 Å². The average molecular weight is 1370 g/mol. The van der Waals surface area contributed by atoms with Crippen LogP contribution < -0.4 is 66.4 Å². The third-order valence-electron chi connectivity index (χ3n) is 19.7. The molecule has 3 aliphatic heterocycles. The number of methoxy groups -OCH3 is 2. The quantitative estimate of drug-likeness (QED) is 0.0199. The third kappa shape index (κ3) is 18.0. The Kier molecular flexibility index (Phi) is 23.1. The number of amides is 9. The second-order valence-corrected chi connectivity index (χ2v) is 28.0. The molecule has 5 aromatic carbocycles. The van der Waals surface area contributed by atoms with Gasteiger partial charge in [-0.3, -0.25) is 43.3 Å².